The monoisotopic (exact) mass is 480 g/mol. The fourth-order valence-corrected chi connectivity index (χ4v) is 4.08. The Morgan fingerprint density at radius 1 is 1.23 bits per heavy atom. The summed E-state index contributed by atoms with van der Waals surface area (Å²) >= 11 is 7.16. The normalized spacial score (nSPS) is 10.6. The molecule has 1 amide bonds. The number of para-hydroxylation sites is 1. The van der Waals surface area contributed by atoms with Crippen molar-refractivity contribution >= 4 is 56.6 Å². The molecule has 0 aliphatic heterocycles. The van der Waals surface area contributed by atoms with Gasteiger partial charge in [0, 0.05) is 30.5 Å². The van der Waals surface area contributed by atoms with Gasteiger partial charge in [-0.3, -0.25) is 9.69 Å². The SMILES string of the molecule is Cl.O=C(COc1ccc(Cl)cc1)N(CCCn1ccnc1)c1nc2c(F)cccc2s1. The van der Waals surface area contributed by atoms with Gasteiger partial charge in [0.05, 0.1) is 11.0 Å². The van der Waals surface area contributed by atoms with Crippen LogP contribution in [0.2, 0.25) is 5.02 Å². The Hall–Kier alpha value is -2.68. The van der Waals surface area contributed by atoms with Crippen LogP contribution in [0.5, 0.6) is 5.75 Å². The van der Waals surface area contributed by atoms with Gasteiger partial charge in [-0.15, -0.1) is 12.4 Å². The van der Waals surface area contributed by atoms with E-state index in [0.29, 0.717) is 40.1 Å². The zero-order chi connectivity index (χ0) is 20.9. The number of thiazole rings is 1. The van der Waals surface area contributed by atoms with Crippen LogP contribution >= 0.6 is 35.3 Å². The molecule has 162 valence electrons. The molecule has 0 fully saturated rings. The minimum absolute atomic E-state index is 0. The molecule has 2 aromatic heterocycles. The standard InChI is InChI=1S/C21H18ClFN4O2S.ClH/c22-15-5-7-16(8-6-15)29-13-19(28)27(11-2-10-26-12-9-24-14-26)21-25-20-17(23)3-1-4-18(20)30-21;/h1,3-9,12,14H,2,10-11,13H2;1H. The third-order valence-electron chi connectivity index (χ3n) is 4.42. The maximum atomic E-state index is 14.1. The Balaban J connectivity index is 0.00000272. The summed E-state index contributed by atoms with van der Waals surface area (Å²) < 4.78 is 22.3. The number of rotatable bonds is 8. The molecule has 0 atom stereocenters. The van der Waals surface area contributed by atoms with Crippen molar-refractivity contribution in [2.24, 2.45) is 0 Å². The molecule has 0 N–H and O–H groups in total. The van der Waals surface area contributed by atoms with Gasteiger partial charge in [0.25, 0.3) is 5.91 Å². The maximum absolute atomic E-state index is 14.1. The summed E-state index contributed by atoms with van der Waals surface area (Å²) in [6.45, 7) is 0.953. The van der Waals surface area contributed by atoms with Crippen molar-refractivity contribution in [2.45, 2.75) is 13.0 Å². The number of anilines is 1. The molecule has 2 heterocycles. The first-order chi connectivity index (χ1) is 14.6. The van der Waals surface area contributed by atoms with Crippen molar-refractivity contribution in [2.75, 3.05) is 18.1 Å². The molecule has 10 heteroatoms. The van der Waals surface area contributed by atoms with E-state index in [1.165, 1.54) is 17.4 Å². The second-order valence-electron chi connectivity index (χ2n) is 6.53. The van der Waals surface area contributed by atoms with Crippen LogP contribution in [0.4, 0.5) is 9.52 Å². The van der Waals surface area contributed by atoms with Crippen molar-refractivity contribution < 1.29 is 13.9 Å². The van der Waals surface area contributed by atoms with E-state index in [9.17, 15) is 9.18 Å². The van der Waals surface area contributed by atoms with Crippen molar-refractivity contribution in [3.63, 3.8) is 0 Å². The fourth-order valence-electron chi connectivity index (χ4n) is 2.93. The summed E-state index contributed by atoms with van der Waals surface area (Å²) in [5.41, 5.74) is 0.267. The second kappa shape index (κ2) is 10.6. The summed E-state index contributed by atoms with van der Waals surface area (Å²) in [5, 5.41) is 1.04. The summed E-state index contributed by atoms with van der Waals surface area (Å²) in [6.07, 6.45) is 5.98. The number of halogens is 3. The number of hydrogen-bond acceptors (Lipinski definition) is 5. The van der Waals surface area contributed by atoms with Crippen LogP contribution in [0.25, 0.3) is 10.2 Å². The first kappa shape index (κ1) is 23.0. The van der Waals surface area contributed by atoms with Crippen LogP contribution in [0.15, 0.2) is 61.2 Å². The van der Waals surface area contributed by atoms with Crippen LogP contribution in [-0.2, 0) is 11.3 Å². The second-order valence-corrected chi connectivity index (χ2v) is 7.97. The van der Waals surface area contributed by atoms with Gasteiger partial charge >= 0.3 is 0 Å². The Morgan fingerprint density at radius 3 is 2.74 bits per heavy atom. The highest BCUT2D eigenvalue weighted by atomic mass is 35.5. The van der Waals surface area contributed by atoms with E-state index < -0.39 is 5.82 Å². The van der Waals surface area contributed by atoms with E-state index in [1.807, 2.05) is 10.8 Å². The van der Waals surface area contributed by atoms with Gasteiger partial charge in [-0.05, 0) is 42.8 Å². The van der Waals surface area contributed by atoms with Crippen LogP contribution in [0.1, 0.15) is 6.42 Å². The molecular weight excluding hydrogens is 462 g/mol. The summed E-state index contributed by atoms with van der Waals surface area (Å²) in [7, 11) is 0. The van der Waals surface area contributed by atoms with Gasteiger partial charge in [-0.2, -0.15) is 0 Å². The Labute approximate surface area is 193 Å². The van der Waals surface area contributed by atoms with Gasteiger partial charge in [0.1, 0.15) is 17.1 Å². The van der Waals surface area contributed by atoms with Crippen LogP contribution in [0, 0.1) is 5.82 Å². The zero-order valence-corrected chi connectivity index (χ0v) is 18.7. The average molecular weight is 481 g/mol. The van der Waals surface area contributed by atoms with Crippen LogP contribution < -0.4 is 9.64 Å². The molecule has 0 bridgehead atoms. The summed E-state index contributed by atoms with van der Waals surface area (Å²) in [5.74, 6) is -0.116. The third kappa shape index (κ3) is 5.72. The number of imidazole rings is 1. The molecule has 0 unspecified atom stereocenters. The number of carbonyl (C=O) groups is 1. The Bertz CT molecular complexity index is 1140. The predicted molar refractivity (Wildman–Crippen MR) is 123 cm³/mol. The number of aryl methyl sites for hydroxylation is 1. The number of fused-ring (bicyclic) bond motifs is 1. The lowest BCUT2D eigenvalue weighted by Gasteiger charge is -2.20. The van der Waals surface area contributed by atoms with Gasteiger partial charge in [-0.1, -0.05) is 29.0 Å². The molecule has 4 aromatic rings. The summed E-state index contributed by atoms with van der Waals surface area (Å²) in [4.78, 5) is 22.9. The molecule has 0 aliphatic rings. The number of hydrogen-bond donors (Lipinski definition) is 0. The van der Waals surface area contributed by atoms with E-state index >= 15 is 0 Å². The molecule has 31 heavy (non-hydrogen) atoms. The molecular formula is C21H19Cl2FN4O2S. The third-order valence-corrected chi connectivity index (χ3v) is 5.72. The summed E-state index contributed by atoms with van der Waals surface area (Å²) in [6, 6.07) is 11.6. The lowest BCUT2D eigenvalue weighted by molar-refractivity contribution is -0.120. The van der Waals surface area contributed by atoms with Gasteiger partial charge in [0.15, 0.2) is 11.7 Å². The van der Waals surface area contributed by atoms with Crippen LogP contribution in [0.3, 0.4) is 0 Å². The molecule has 2 aromatic carbocycles. The highest BCUT2D eigenvalue weighted by Gasteiger charge is 2.21. The lowest BCUT2D eigenvalue weighted by Crippen LogP contribution is -2.36. The van der Waals surface area contributed by atoms with E-state index in [2.05, 4.69) is 9.97 Å². The topological polar surface area (TPSA) is 60.2 Å². The van der Waals surface area contributed by atoms with E-state index in [4.69, 9.17) is 16.3 Å². The van der Waals surface area contributed by atoms with Gasteiger partial charge in [0.2, 0.25) is 0 Å². The molecule has 6 nitrogen and oxygen atoms in total. The lowest BCUT2D eigenvalue weighted by atomic mass is 10.3. The van der Waals surface area contributed by atoms with E-state index in [0.717, 1.165) is 0 Å². The number of carbonyl (C=O) groups excluding carboxylic acids is 1. The van der Waals surface area contributed by atoms with Crippen molar-refractivity contribution in [1.29, 1.82) is 0 Å². The molecule has 4 rings (SSSR count). The van der Waals surface area contributed by atoms with E-state index in [1.54, 1.807) is 53.8 Å². The number of ether oxygens (including phenoxy) is 1. The number of nitrogens with zero attached hydrogens (tertiary/aromatic N) is 4. The zero-order valence-electron chi connectivity index (χ0n) is 16.3. The fraction of sp³-hybridized carbons (Fsp3) is 0.190. The largest absolute Gasteiger partial charge is 0.484 e. The average Bonchev–Trinajstić information content (AvgIpc) is 3.41. The predicted octanol–water partition coefficient (Wildman–Crippen LogP) is 5.21. The van der Waals surface area contributed by atoms with Crippen molar-refractivity contribution in [3.8, 4) is 5.75 Å². The Morgan fingerprint density at radius 2 is 2.03 bits per heavy atom. The Kier molecular flexibility index (Phi) is 7.84. The molecule has 0 spiro atoms. The number of amides is 1. The maximum Gasteiger partial charge on any atom is 0.266 e. The first-order valence-electron chi connectivity index (χ1n) is 9.30. The number of aromatic nitrogens is 3. The van der Waals surface area contributed by atoms with E-state index in [-0.39, 0.29) is 30.4 Å². The van der Waals surface area contributed by atoms with Gasteiger partial charge in [-0.25, -0.2) is 14.4 Å². The molecule has 0 saturated heterocycles. The quantitative estimate of drug-likeness (QED) is 0.347. The molecule has 0 radical (unpaired) electrons. The first-order valence-corrected chi connectivity index (χ1v) is 10.5. The molecule has 0 aliphatic carbocycles. The number of benzene rings is 2. The van der Waals surface area contributed by atoms with Crippen LogP contribution in [-0.4, -0.2) is 33.6 Å². The van der Waals surface area contributed by atoms with Crippen molar-refractivity contribution in [3.05, 3.63) is 72.0 Å². The smallest absolute Gasteiger partial charge is 0.266 e. The minimum Gasteiger partial charge on any atom is -0.484 e. The highest BCUT2D eigenvalue weighted by molar-refractivity contribution is 7.22. The van der Waals surface area contributed by atoms with Crippen molar-refractivity contribution in [1.82, 2.24) is 14.5 Å². The highest BCUT2D eigenvalue weighted by Crippen LogP contribution is 2.30. The molecule has 0 saturated carbocycles. The minimum atomic E-state index is -0.404. The van der Waals surface area contributed by atoms with Gasteiger partial charge < -0.3 is 9.30 Å².